The van der Waals surface area contributed by atoms with Crippen molar-refractivity contribution in [3.05, 3.63) is 29.8 Å². The first-order valence-corrected chi connectivity index (χ1v) is 4.46. The number of aliphatic hydroxyl groups is 1. The fourth-order valence-corrected chi connectivity index (χ4v) is 1.07. The van der Waals surface area contributed by atoms with E-state index in [1.807, 2.05) is 0 Å². The standard InChI is InChI=1S/C10H13NO4/c11-5-9(12)7-1-3-8(4-2-7)15-6-10(13)14/h1-4,9,12H,5-6,11H2,(H,13,14). The Balaban J connectivity index is 2.60. The van der Waals surface area contributed by atoms with E-state index in [2.05, 4.69) is 0 Å². The smallest absolute Gasteiger partial charge is 0.341 e. The Morgan fingerprint density at radius 2 is 2.00 bits per heavy atom. The highest BCUT2D eigenvalue weighted by molar-refractivity contribution is 5.68. The maximum absolute atomic E-state index is 10.2. The molecule has 1 aromatic rings. The number of aliphatic carboxylic acids is 1. The van der Waals surface area contributed by atoms with Gasteiger partial charge in [-0.2, -0.15) is 0 Å². The average Bonchev–Trinajstić information content (AvgIpc) is 2.26. The van der Waals surface area contributed by atoms with Crippen molar-refractivity contribution >= 4 is 5.97 Å². The fourth-order valence-electron chi connectivity index (χ4n) is 1.07. The van der Waals surface area contributed by atoms with Crippen LogP contribution in [0.5, 0.6) is 5.75 Å². The molecule has 0 aliphatic heterocycles. The number of hydrogen-bond acceptors (Lipinski definition) is 4. The maximum Gasteiger partial charge on any atom is 0.341 e. The van der Waals surface area contributed by atoms with Gasteiger partial charge in [-0.3, -0.25) is 0 Å². The number of nitrogens with two attached hydrogens (primary N) is 1. The lowest BCUT2D eigenvalue weighted by atomic mass is 10.1. The zero-order chi connectivity index (χ0) is 11.3. The van der Waals surface area contributed by atoms with Gasteiger partial charge < -0.3 is 20.7 Å². The molecule has 15 heavy (non-hydrogen) atoms. The van der Waals surface area contributed by atoms with Gasteiger partial charge in [0.15, 0.2) is 6.61 Å². The van der Waals surface area contributed by atoms with E-state index in [1.54, 1.807) is 24.3 Å². The molecule has 82 valence electrons. The number of carbonyl (C=O) groups is 1. The zero-order valence-corrected chi connectivity index (χ0v) is 8.09. The Hall–Kier alpha value is -1.59. The van der Waals surface area contributed by atoms with Crippen molar-refractivity contribution < 1.29 is 19.7 Å². The van der Waals surface area contributed by atoms with E-state index in [0.29, 0.717) is 11.3 Å². The second kappa shape index (κ2) is 5.33. The van der Waals surface area contributed by atoms with Crippen LogP contribution in [0, 0.1) is 0 Å². The third-order valence-corrected chi connectivity index (χ3v) is 1.85. The van der Waals surface area contributed by atoms with Crippen molar-refractivity contribution in [2.45, 2.75) is 6.10 Å². The van der Waals surface area contributed by atoms with Crippen LogP contribution in [0.4, 0.5) is 0 Å². The van der Waals surface area contributed by atoms with E-state index >= 15 is 0 Å². The Morgan fingerprint density at radius 1 is 1.40 bits per heavy atom. The van der Waals surface area contributed by atoms with Crippen LogP contribution in [0.25, 0.3) is 0 Å². The maximum atomic E-state index is 10.2. The summed E-state index contributed by atoms with van der Waals surface area (Å²) in [6.07, 6.45) is -0.696. The van der Waals surface area contributed by atoms with Crippen LogP contribution in [0.2, 0.25) is 0 Å². The molecule has 0 amide bonds. The summed E-state index contributed by atoms with van der Waals surface area (Å²) < 4.78 is 4.92. The monoisotopic (exact) mass is 211 g/mol. The lowest BCUT2D eigenvalue weighted by Gasteiger charge is -2.08. The van der Waals surface area contributed by atoms with E-state index in [-0.39, 0.29) is 13.2 Å². The van der Waals surface area contributed by atoms with E-state index in [0.717, 1.165) is 0 Å². The van der Waals surface area contributed by atoms with Gasteiger partial charge in [-0.05, 0) is 17.7 Å². The van der Waals surface area contributed by atoms with Crippen LogP contribution in [0.3, 0.4) is 0 Å². The SMILES string of the molecule is NCC(O)c1ccc(OCC(=O)O)cc1. The molecule has 4 N–H and O–H groups in total. The minimum absolute atomic E-state index is 0.148. The molecule has 0 heterocycles. The van der Waals surface area contributed by atoms with Gasteiger partial charge in [-0.25, -0.2) is 4.79 Å². The average molecular weight is 211 g/mol. The third-order valence-electron chi connectivity index (χ3n) is 1.85. The molecule has 0 spiro atoms. The van der Waals surface area contributed by atoms with Crippen LogP contribution in [0.1, 0.15) is 11.7 Å². The van der Waals surface area contributed by atoms with Crippen molar-refractivity contribution in [3.63, 3.8) is 0 Å². The molecule has 5 nitrogen and oxygen atoms in total. The van der Waals surface area contributed by atoms with Gasteiger partial charge in [0.25, 0.3) is 0 Å². The second-order valence-corrected chi connectivity index (χ2v) is 3.00. The number of benzene rings is 1. The van der Waals surface area contributed by atoms with E-state index in [4.69, 9.17) is 15.6 Å². The molecule has 1 rings (SSSR count). The summed E-state index contributed by atoms with van der Waals surface area (Å²) in [6.45, 7) is -0.228. The van der Waals surface area contributed by atoms with Crippen molar-refractivity contribution in [2.24, 2.45) is 5.73 Å². The largest absolute Gasteiger partial charge is 0.482 e. The summed E-state index contributed by atoms with van der Waals surface area (Å²) >= 11 is 0. The van der Waals surface area contributed by atoms with Gasteiger partial charge in [0.05, 0.1) is 6.10 Å². The molecule has 0 aromatic heterocycles. The van der Waals surface area contributed by atoms with Crippen molar-refractivity contribution in [1.82, 2.24) is 0 Å². The molecule has 0 aliphatic carbocycles. The van der Waals surface area contributed by atoms with Crippen LogP contribution < -0.4 is 10.5 Å². The summed E-state index contributed by atoms with van der Waals surface area (Å²) in [7, 11) is 0. The van der Waals surface area contributed by atoms with Crippen molar-refractivity contribution in [2.75, 3.05) is 13.2 Å². The Labute approximate surface area is 87.1 Å². The first-order valence-electron chi connectivity index (χ1n) is 4.46. The molecular formula is C10H13NO4. The lowest BCUT2D eigenvalue weighted by molar-refractivity contribution is -0.139. The van der Waals surface area contributed by atoms with Crippen LogP contribution in [-0.4, -0.2) is 29.3 Å². The highest BCUT2D eigenvalue weighted by atomic mass is 16.5. The molecule has 0 fully saturated rings. The quantitative estimate of drug-likeness (QED) is 0.644. The van der Waals surface area contributed by atoms with E-state index in [1.165, 1.54) is 0 Å². The lowest BCUT2D eigenvalue weighted by Crippen LogP contribution is -2.12. The number of ether oxygens (including phenoxy) is 1. The normalized spacial score (nSPS) is 12.1. The van der Waals surface area contributed by atoms with Crippen molar-refractivity contribution in [3.8, 4) is 5.75 Å². The first-order chi connectivity index (χ1) is 7.13. The topological polar surface area (TPSA) is 92.8 Å². The van der Waals surface area contributed by atoms with E-state index < -0.39 is 12.1 Å². The van der Waals surface area contributed by atoms with Gasteiger partial charge in [0.1, 0.15) is 5.75 Å². The summed E-state index contributed by atoms with van der Waals surface area (Å²) in [6, 6.07) is 6.48. The van der Waals surface area contributed by atoms with Gasteiger partial charge >= 0.3 is 5.97 Å². The zero-order valence-electron chi connectivity index (χ0n) is 8.09. The highest BCUT2D eigenvalue weighted by Gasteiger charge is 2.05. The Kier molecular flexibility index (Phi) is 4.08. The van der Waals surface area contributed by atoms with Gasteiger partial charge in [0, 0.05) is 6.54 Å². The van der Waals surface area contributed by atoms with Crippen molar-refractivity contribution in [1.29, 1.82) is 0 Å². The Bertz CT molecular complexity index is 323. The fraction of sp³-hybridized carbons (Fsp3) is 0.300. The number of carboxylic acid groups (broad SMARTS) is 1. The van der Waals surface area contributed by atoms with E-state index in [9.17, 15) is 9.90 Å². The first kappa shape index (κ1) is 11.5. The van der Waals surface area contributed by atoms with Gasteiger partial charge in [-0.1, -0.05) is 12.1 Å². The highest BCUT2D eigenvalue weighted by Crippen LogP contribution is 2.16. The minimum Gasteiger partial charge on any atom is -0.482 e. The molecule has 1 atom stereocenters. The Morgan fingerprint density at radius 3 is 2.47 bits per heavy atom. The number of carboxylic acids is 1. The molecule has 0 saturated carbocycles. The number of rotatable bonds is 5. The summed E-state index contributed by atoms with van der Waals surface area (Å²) in [5.41, 5.74) is 5.96. The number of aliphatic hydroxyl groups excluding tert-OH is 1. The summed E-state index contributed by atoms with van der Waals surface area (Å²) in [5, 5.41) is 17.8. The third kappa shape index (κ3) is 3.57. The molecule has 0 bridgehead atoms. The van der Waals surface area contributed by atoms with Crippen LogP contribution >= 0.6 is 0 Å². The van der Waals surface area contributed by atoms with Crippen LogP contribution in [0.15, 0.2) is 24.3 Å². The molecule has 0 radical (unpaired) electrons. The molecule has 5 heteroatoms. The molecule has 1 unspecified atom stereocenters. The van der Waals surface area contributed by atoms with Gasteiger partial charge in [-0.15, -0.1) is 0 Å². The molecule has 0 aliphatic rings. The molecule has 0 saturated heterocycles. The van der Waals surface area contributed by atoms with Crippen LogP contribution in [-0.2, 0) is 4.79 Å². The van der Waals surface area contributed by atoms with Gasteiger partial charge in [0.2, 0.25) is 0 Å². The number of hydrogen-bond donors (Lipinski definition) is 3. The minimum atomic E-state index is -1.03. The summed E-state index contributed by atoms with van der Waals surface area (Å²) in [4.78, 5) is 10.2. The molecule has 1 aromatic carbocycles. The predicted molar refractivity (Wildman–Crippen MR) is 53.6 cm³/mol. The summed E-state index contributed by atoms with van der Waals surface area (Å²) in [5.74, 6) is -0.577. The molecular weight excluding hydrogens is 198 g/mol. The predicted octanol–water partition coefficient (Wildman–Crippen LogP) is 0.142. The second-order valence-electron chi connectivity index (χ2n) is 3.00.